The molecule has 3 aromatic rings. The highest BCUT2D eigenvalue weighted by atomic mass is 32.2. The lowest BCUT2D eigenvalue weighted by Gasteiger charge is -2.05. The number of hydrogen-bond acceptors (Lipinski definition) is 7. The van der Waals surface area contributed by atoms with Gasteiger partial charge in [-0.05, 0) is 25.1 Å². The maximum atomic E-state index is 12.6. The first-order valence-corrected chi connectivity index (χ1v) is 8.78. The van der Waals surface area contributed by atoms with Crippen LogP contribution in [0.15, 0.2) is 24.4 Å². The van der Waals surface area contributed by atoms with Crippen LogP contribution >= 0.6 is 0 Å². The van der Waals surface area contributed by atoms with Crippen LogP contribution < -0.4 is 10.5 Å². The smallest absolute Gasteiger partial charge is 0.254 e. The van der Waals surface area contributed by atoms with Crippen molar-refractivity contribution in [3.63, 3.8) is 0 Å². The van der Waals surface area contributed by atoms with E-state index in [4.69, 9.17) is 5.73 Å². The fourth-order valence-corrected chi connectivity index (χ4v) is 2.82. The number of nitrogens with one attached hydrogen (secondary N) is 1. The number of rotatable bonds is 4. The minimum Gasteiger partial charge on any atom is -0.399 e. The number of aromatic nitrogens is 5. The summed E-state index contributed by atoms with van der Waals surface area (Å²) < 4.78 is 27.2. The summed E-state index contributed by atoms with van der Waals surface area (Å²) in [6.07, 6.45) is 2.34. The van der Waals surface area contributed by atoms with E-state index in [9.17, 15) is 13.2 Å². The Balaban J connectivity index is 1.88. The van der Waals surface area contributed by atoms with Gasteiger partial charge in [0.2, 0.25) is 10.0 Å². The summed E-state index contributed by atoms with van der Waals surface area (Å²) in [6, 6.07) is 5.13. The number of carbonyl (C=O) groups excluding carboxylic acids is 1. The van der Waals surface area contributed by atoms with Crippen LogP contribution in [0.2, 0.25) is 0 Å². The van der Waals surface area contributed by atoms with Gasteiger partial charge in [-0.3, -0.25) is 14.1 Å². The summed E-state index contributed by atoms with van der Waals surface area (Å²) in [5, 5.41) is 7.40. The summed E-state index contributed by atoms with van der Waals surface area (Å²) in [4.78, 5) is 16.9. The zero-order chi connectivity index (χ0) is 17.5. The number of benzene rings is 1. The van der Waals surface area contributed by atoms with Crippen LogP contribution in [0.5, 0.6) is 0 Å². The topological polar surface area (TPSA) is 138 Å². The minimum absolute atomic E-state index is 0.0433. The van der Waals surface area contributed by atoms with Gasteiger partial charge in [0.15, 0.2) is 5.82 Å². The molecule has 10 nitrogen and oxygen atoms in total. The molecule has 0 saturated carbocycles. The molecule has 0 aliphatic heterocycles. The Morgan fingerprint density at radius 3 is 2.83 bits per heavy atom. The lowest BCUT2D eigenvalue weighted by molar-refractivity contribution is 0.0888. The van der Waals surface area contributed by atoms with Crippen LogP contribution in [0.1, 0.15) is 10.6 Å². The van der Waals surface area contributed by atoms with Gasteiger partial charge >= 0.3 is 0 Å². The molecule has 0 aliphatic rings. The third kappa shape index (κ3) is 3.20. The number of nitrogens with zero attached hydrogens (tertiary/aromatic N) is 5. The van der Waals surface area contributed by atoms with E-state index in [0.717, 1.165) is 6.26 Å². The third-order valence-electron chi connectivity index (χ3n) is 3.22. The lowest BCUT2D eigenvalue weighted by Crippen LogP contribution is -2.19. The molecule has 0 bridgehead atoms. The summed E-state index contributed by atoms with van der Waals surface area (Å²) in [7, 11) is -3.46. The molecule has 2 heterocycles. The number of hydrogen-bond donors (Lipinski definition) is 2. The van der Waals surface area contributed by atoms with Gasteiger partial charge in [-0.2, -0.15) is 0 Å². The Kier molecular flexibility index (Phi) is 3.72. The van der Waals surface area contributed by atoms with Gasteiger partial charge in [-0.15, -0.1) is 5.10 Å². The number of nitrogens with two attached hydrogens (primary N) is 1. The van der Waals surface area contributed by atoms with Crippen molar-refractivity contribution in [2.45, 2.75) is 13.5 Å². The molecular weight excluding hydrogens is 334 g/mol. The van der Waals surface area contributed by atoms with Crippen LogP contribution in [0.25, 0.3) is 11.0 Å². The zero-order valence-electron chi connectivity index (χ0n) is 13.0. The van der Waals surface area contributed by atoms with E-state index in [1.165, 1.54) is 15.4 Å². The summed E-state index contributed by atoms with van der Waals surface area (Å²) >= 11 is 0. The van der Waals surface area contributed by atoms with Crippen molar-refractivity contribution in [1.29, 1.82) is 0 Å². The Morgan fingerprint density at radius 1 is 1.38 bits per heavy atom. The van der Waals surface area contributed by atoms with E-state index < -0.39 is 10.0 Å². The molecule has 0 aliphatic carbocycles. The predicted molar refractivity (Wildman–Crippen MR) is 88.0 cm³/mol. The van der Waals surface area contributed by atoms with Crippen molar-refractivity contribution in [3.8, 4) is 0 Å². The van der Waals surface area contributed by atoms with Crippen LogP contribution in [0.3, 0.4) is 0 Å². The van der Waals surface area contributed by atoms with E-state index >= 15 is 0 Å². The van der Waals surface area contributed by atoms with E-state index in [2.05, 4.69) is 20.0 Å². The Labute approximate surface area is 137 Å². The van der Waals surface area contributed by atoms with Crippen molar-refractivity contribution >= 4 is 38.5 Å². The number of imidazole rings is 1. The molecule has 3 N–H and O–H groups in total. The van der Waals surface area contributed by atoms with Gasteiger partial charge in [0, 0.05) is 5.69 Å². The first-order chi connectivity index (χ1) is 11.2. The molecule has 2 aromatic heterocycles. The standard InChI is InChI=1S/C13H15N7O3S/c1-8-15-10-4-3-9(14)5-11(10)20(8)13(21)7-19-6-12(16-18-19)17-24(2,22)23/h3-6,17H,7,14H2,1-2H3. The monoisotopic (exact) mass is 349 g/mol. The van der Waals surface area contributed by atoms with Crippen LogP contribution in [0, 0.1) is 6.92 Å². The highest BCUT2D eigenvalue weighted by Gasteiger charge is 2.16. The van der Waals surface area contributed by atoms with E-state index in [0.29, 0.717) is 22.5 Å². The Bertz CT molecular complexity index is 1040. The summed E-state index contributed by atoms with van der Waals surface area (Å²) in [5.41, 5.74) is 7.56. The van der Waals surface area contributed by atoms with Crippen molar-refractivity contribution < 1.29 is 13.2 Å². The second kappa shape index (κ2) is 5.60. The van der Waals surface area contributed by atoms with Gasteiger partial charge in [0.25, 0.3) is 5.91 Å². The SMILES string of the molecule is Cc1nc2ccc(N)cc2n1C(=O)Cn1cc(NS(C)(=O)=O)nn1. The lowest BCUT2D eigenvalue weighted by atomic mass is 10.3. The second-order valence-electron chi connectivity index (χ2n) is 5.31. The molecular formula is C13H15N7O3S. The molecule has 24 heavy (non-hydrogen) atoms. The number of fused-ring (bicyclic) bond motifs is 1. The second-order valence-corrected chi connectivity index (χ2v) is 7.06. The van der Waals surface area contributed by atoms with E-state index in [1.807, 2.05) is 0 Å². The van der Waals surface area contributed by atoms with Gasteiger partial charge < -0.3 is 5.73 Å². The molecule has 0 saturated heterocycles. The van der Waals surface area contributed by atoms with Gasteiger partial charge in [-0.1, -0.05) is 5.21 Å². The van der Waals surface area contributed by atoms with Crippen LogP contribution in [0.4, 0.5) is 11.5 Å². The van der Waals surface area contributed by atoms with Crippen LogP contribution in [-0.2, 0) is 16.6 Å². The van der Waals surface area contributed by atoms with Crippen molar-refractivity contribution in [2.24, 2.45) is 0 Å². The van der Waals surface area contributed by atoms with Crippen LogP contribution in [-0.4, -0.2) is 45.1 Å². The first kappa shape index (κ1) is 15.9. The van der Waals surface area contributed by atoms with Gasteiger partial charge in [0.05, 0.1) is 23.5 Å². The van der Waals surface area contributed by atoms with Gasteiger partial charge in [0.1, 0.15) is 12.4 Å². The Morgan fingerprint density at radius 2 is 2.12 bits per heavy atom. The molecule has 0 spiro atoms. The van der Waals surface area contributed by atoms with E-state index in [1.54, 1.807) is 25.1 Å². The van der Waals surface area contributed by atoms with Crippen molar-refractivity contribution in [1.82, 2.24) is 24.5 Å². The highest BCUT2D eigenvalue weighted by molar-refractivity contribution is 7.92. The molecule has 0 fully saturated rings. The highest BCUT2D eigenvalue weighted by Crippen LogP contribution is 2.19. The molecule has 0 radical (unpaired) electrons. The minimum atomic E-state index is -3.46. The quantitative estimate of drug-likeness (QED) is 0.643. The average Bonchev–Trinajstić information content (AvgIpc) is 2.99. The molecule has 1 aromatic carbocycles. The van der Waals surface area contributed by atoms with Crippen molar-refractivity contribution in [3.05, 3.63) is 30.2 Å². The molecule has 3 rings (SSSR count). The fourth-order valence-electron chi connectivity index (χ4n) is 2.35. The molecule has 11 heteroatoms. The number of aryl methyl sites for hydroxylation is 1. The number of anilines is 2. The number of nitrogen functional groups attached to an aromatic ring is 1. The molecule has 0 atom stereocenters. The normalized spacial score (nSPS) is 11.8. The Hall–Kier alpha value is -2.95. The summed E-state index contributed by atoms with van der Waals surface area (Å²) in [6.45, 7) is 1.59. The first-order valence-electron chi connectivity index (χ1n) is 6.88. The number of sulfonamides is 1. The zero-order valence-corrected chi connectivity index (χ0v) is 13.8. The predicted octanol–water partition coefficient (Wildman–Crippen LogP) is 0.230. The maximum absolute atomic E-state index is 12.6. The fraction of sp³-hybridized carbons (Fsp3) is 0.231. The summed E-state index contributed by atoms with van der Waals surface area (Å²) in [5.74, 6) is 0.272. The van der Waals surface area contributed by atoms with E-state index in [-0.39, 0.29) is 18.3 Å². The average molecular weight is 349 g/mol. The third-order valence-corrected chi connectivity index (χ3v) is 3.80. The molecule has 0 amide bonds. The van der Waals surface area contributed by atoms with Crippen molar-refractivity contribution in [2.75, 3.05) is 16.7 Å². The number of carbonyl (C=O) groups is 1. The largest absolute Gasteiger partial charge is 0.399 e. The molecule has 126 valence electrons. The molecule has 0 unspecified atom stereocenters. The van der Waals surface area contributed by atoms with Gasteiger partial charge in [-0.25, -0.2) is 18.1 Å². The maximum Gasteiger partial charge on any atom is 0.254 e.